The zero-order valence-electron chi connectivity index (χ0n) is 10.3. The third-order valence-corrected chi connectivity index (χ3v) is 2.65. The quantitative estimate of drug-likeness (QED) is 0.786. The molecule has 0 fully saturated rings. The monoisotopic (exact) mass is 250 g/mol. The van der Waals surface area contributed by atoms with Crippen LogP contribution in [0.15, 0.2) is 33.9 Å². The van der Waals surface area contributed by atoms with Gasteiger partial charge in [-0.3, -0.25) is 9.36 Å². The number of fused-ring (bicyclic) bond motifs is 1. The highest BCUT2D eigenvalue weighted by Gasteiger charge is 2.11. The van der Waals surface area contributed by atoms with Crippen LogP contribution in [0.25, 0.3) is 10.9 Å². The van der Waals surface area contributed by atoms with Crippen molar-refractivity contribution in [2.75, 3.05) is 14.2 Å². The van der Waals surface area contributed by atoms with Crippen LogP contribution in [0.2, 0.25) is 0 Å². The lowest BCUT2D eigenvalue weighted by Crippen LogP contribution is -2.40. The predicted molar refractivity (Wildman–Crippen MR) is 66.5 cm³/mol. The van der Waals surface area contributed by atoms with Crippen LogP contribution in [0.3, 0.4) is 0 Å². The Kier molecular flexibility index (Phi) is 3.59. The molecule has 0 radical (unpaired) electrons. The second-order valence-electron chi connectivity index (χ2n) is 3.80. The van der Waals surface area contributed by atoms with Gasteiger partial charge in [-0.2, -0.15) is 0 Å². The molecular weight excluding hydrogens is 236 g/mol. The van der Waals surface area contributed by atoms with Crippen LogP contribution in [0.4, 0.5) is 0 Å². The number of benzene rings is 1. The molecule has 0 atom stereocenters. The van der Waals surface area contributed by atoms with Crippen molar-refractivity contribution in [2.24, 2.45) is 0 Å². The maximum Gasteiger partial charge on any atom is 0.335 e. The molecule has 0 spiro atoms. The summed E-state index contributed by atoms with van der Waals surface area (Å²) in [7, 11) is 2.93. The number of hydrogen-bond acceptors (Lipinski definition) is 4. The van der Waals surface area contributed by atoms with Crippen molar-refractivity contribution in [3.8, 4) is 0 Å². The number of ether oxygens (including phenoxy) is 2. The van der Waals surface area contributed by atoms with Gasteiger partial charge in [0.15, 0.2) is 0 Å². The molecule has 96 valence electrons. The molecule has 2 rings (SSSR count). The summed E-state index contributed by atoms with van der Waals surface area (Å²) >= 11 is 0. The van der Waals surface area contributed by atoms with Crippen LogP contribution in [0.1, 0.15) is 0 Å². The third-order valence-electron chi connectivity index (χ3n) is 2.65. The summed E-state index contributed by atoms with van der Waals surface area (Å²) in [5, 5.41) is 0.464. The average Bonchev–Trinajstić information content (AvgIpc) is 2.39. The van der Waals surface area contributed by atoms with Gasteiger partial charge < -0.3 is 9.47 Å². The fourth-order valence-electron chi connectivity index (χ4n) is 1.87. The molecule has 0 bridgehead atoms. The number of para-hydroxylation sites is 1. The molecule has 6 nitrogen and oxygen atoms in total. The zero-order valence-corrected chi connectivity index (χ0v) is 10.3. The maximum atomic E-state index is 12.1. The molecule has 0 aliphatic rings. The lowest BCUT2D eigenvalue weighted by atomic mass is 10.2. The Morgan fingerprint density at radius 1 is 1.00 bits per heavy atom. The molecule has 6 heteroatoms. The van der Waals surface area contributed by atoms with E-state index in [1.807, 2.05) is 0 Å². The molecule has 18 heavy (non-hydrogen) atoms. The van der Waals surface area contributed by atoms with Crippen molar-refractivity contribution in [1.29, 1.82) is 0 Å². The summed E-state index contributed by atoms with van der Waals surface area (Å²) < 4.78 is 12.3. The summed E-state index contributed by atoms with van der Waals surface area (Å²) in [4.78, 5) is 24.3. The van der Waals surface area contributed by atoms with Crippen LogP contribution >= 0.6 is 0 Å². The van der Waals surface area contributed by atoms with Crippen LogP contribution < -0.4 is 11.2 Å². The highest BCUT2D eigenvalue weighted by Crippen LogP contribution is 2.07. The first-order valence-corrected chi connectivity index (χ1v) is 5.41. The van der Waals surface area contributed by atoms with E-state index < -0.39 is 5.69 Å². The van der Waals surface area contributed by atoms with Crippen molar-refractivity contribution in [3.05, 3.63) is 45.1 Å². The number of rotatable bonds is 4. The second-order valence-corrected chi connectivity index (χ2v) is 3.80. The summed E-state index contributed by atoms with van der Waals surface area (Å²) in [5.41, 5.74) is -0.242. The number of hydrogen-bond donors (Lipinski definition) is 0. The molecule has 0 saturated carbocycles. The van der Waals surface area contributed by atoms with E-state index in [4.69, 9.17) is 9.47 Å². The van der Waals surface area contributed by atoms with Crippen molar-refractivity contribution in [1.82, 2.24) is 9.13 Å². The molecule has 0 aliphatic carbocycles. The van der Waals surface area contributed by atoms with Crippen molar-refractivity contribution >= 4 is 10.9 Å². The van der Waals surface area contributed by atoms with Gasteiger partial charge >= 0.3 is 5.69 Å². The van der Waals surface area contributed by atoms with Gasteiger partial charge in [-0.15, -0.1) is 0 Å². The average molecular weight is 250 g/mol. The van der Waals surface area contributed by atoms with Crippen LogP contribution in [0, 0.1) is 0 Å². The number of methoxy groups -OCH3 is 2. The largest absolute Gasteiger partial charge is 0.364 e. The smallest absolute Gasteiger partial charge is 0.335 e. The standard InChI is InChI=1S/C12H14N2O4/c1-17-7-13-10-6-4-3-5-9(10)11(15)14(8-18-2)12(13)16/h3-6H,7-8H2,1-2H3. The highest BCUT2D eigenvalue weighted by molar-refractivity contribution is 5.77. The number of nitrogens with zero attached hydrogens (tertiary/aromatic N) is 2. The molecule has 1 aromatic carbocycles. The SMILES string of the molecule is COCn1c(=O)c2ccccc2n(COC)c1=O. The molecule has 0 N–H and O–H groups in total. The van der Waals surface area contributed by atoms with Crippen molar-refractivity contribution in [3.63, 3.8) is 0 Å². The van der Waals surface area contributed by atoms with E-state index in [0.29, 0.717) is 10.9 Å². The molecule has 0 saturated heterocycles. The van der Waals surface area contributed by atoms with E-state index in [2.05, 4.69) is 0 Å². The molecule has 1 heterocycles. The molecule has 1 aromatic heterocycles. The fraction of sp³-hybridized carbons (Fsp3) is 0.333. The predicted octanol–water partition coefficient (Wildman–Crippen LogP) is 0.371. The fourth-order valence-corrected chi connectivity index (χ4v) is 1.87. The highest BCUT2D eigenvalue weighted by atomic mass is 16.5. The first-order valence-electron chi connectivity index (χ1n) is 5.41. The van der Waals surface area contributed by atoms with Gasteiger partial charge in [-0.1, -0.05) is 12.1 Å². The van der Waals surface area contributed by atoms with E-state index in [0.717, 1.165) is 4.57 Å². The van der Waals surface area contributed by atoms with E-state index in [1.54, 1.807) is 24.3 Å². The van der Waals surface area contributed by atoms with E-state index in [9.17, 15) is 9.59 Å². The molecular formula is C12H14N2O4. The van der Waals surface area contributed by atoms with Crippen molar-refractivity contribution < 1.29 is 9.47 Å². The van der Waals surface area contributed by atoms with Gasteiger partial charge in [0.2, 0.25) is 0 Å². The molecule has 0 aliphatic heterocycles. The van der Waals surface area contributed by atoms with E-state index in [1.165, 1.54) is 18.8 Å². The summed E-state index contributed by atoms with van der Waals surface area (Å²) in [6.45, 7) is 0.00948. The van der Waals surface area contributed by atoms with Gasteiger partial charge in [-0.05, 0) is 12.1 Å². The van der Waals surface area contributed by atoms with E-state index >= 15 is 0 Å². The first kappa shape index (κ1) is 12.5. The Morgan fingerprint density at radius 3 is 2.28 bits per heavy atom. The summed E-state index contributed by atoms with van der Waals surface area (Å²) in [5.74, 6) is 0. The topological polar surface area (TPSA) is 62.5 Å². The molecule has 2 aromatic rings. The van der Waals surface area contributed by atoms with Crippen LogP contribution in [-0.4, -0.2) is 23.4 Å². The lowest BCUT2D eigenvalue weighted by molar-refractivity contribution is 0.108. The van der Waals surface area contributed by atoms with Gasteiger partial charge in [0.05, 0.1) is 10.9 Å². The molecule has 0 amide bonds. The van der Waals surface area contributed by atoms with Crippen molar-refractivity contribution in [2.45, 2.75) is 13.5 Å². The second kappa shape index (κ2) is 5.16. The van der Waals surface area contributed by atoms with Gasteiger partial charge in [0.1, 0.15) is 13.5 Å². The minimum atomic E-state index is -0.442. The van der Waals surface area contributed by atoms with Crippen LogP contribution in [-0.2, 0) is 22.9 Å². The lowest BCUT2D eigenvalue weighted by Gasteiger charge is -2.12. The minimum Gasteiger partial charge on any atom is -0.364 e. The van der Waals surface area contributed by atoms with Crippen LogP contribution in [0.5, 0.6) is 0 Å². The normalized spacial score (nSPS) is 11.0. The Bertz CT molecular complexity index is 672. The van der Waals surface area contributed by atoms with Gasteiger partial charge in [0, 0.05) is 14.2 Å². The summed E-state index contributed by atoms with van der Waals surface area (Å²) in [6.07, 6.45) is 0. The minimum absolute atomic E-state index is 0.0772. The van der Waals surface area contributed by atoms with Gasteiger partial charge in [-0.25, -0.2) is 9.36 Å². The van der Waals surface area contributed by atoms with E-state index in [-0.39, 0.29) is 19.0 Å². The first-order chi connectivity index (χ1) is 8.70. The summed E-state index contributed by atoms with van der Waals surface area (Å²) in [6, 6.07) is 6.92. The Labute approximate surface area is 103 Å². The Morgan fingerprint density at radius 2 is 1.61 bits per heavy atom. The van der Waals surface area contributed by atoms with Gasteiger partial charge in [0.25, 0.3) is 5.56 Å². The Balaban J connectivity index is 2.87. The molecule has 0 unspecified atom stereocenters. The maximum absolute atomic E-state index is 12.1. The third kappa shape index (κ3) is 1.96. The zero-order chi connectivity index (χ0) is 13.1. The number of aromatic nitrogens is 2. The Hall–Kier alpha value is -1.92.